The second-order valence-electron chi connectivity index (χ2n) is 4.67. The first-order chi connectivity index (χ1) is 10.6. The van der Waals surface area contributed by atoms with Crippen LogP contribution in [0.25, 0.3) is 11.1 Å². The van der Waals surface area contributed by atoms with Gasteiger partial charge in [0.1, 0.15) is 5.75 Å². The minimum atomic E-state index is -0.474. The van der Waals surface area contributed by atoms with E-state index in [2.05, 4.69) is 15.9 Å². The van der Waals surface area contributed by atoms with Crippen LogP contribution in [-0.4, -0.2) is 10.5 Å². The Kier molecular flexibility index (Phi) is 4.11. The average molecular weight is 362 g/mol. The van der Waals surface area contributed by atoms with Gasteiger partial charge < -0.3 is 9.15 Å². The second-order valence-corrected chi connectivity index (χ2v) is 5.58. The van der Waals surface area contributed by atoms with Crippen LogP contribution in [0.1, 0.15) is 6.42 Å². The van der Waals surface area contributed by atoms with Gasteiger partial charge in [-0.05, 0) is 36.4 Å². The van der Waals surface area contributed by atoms with Crippen LogP contribution < -0.4 is 10.5 Å². The fourth-order valence-corrected chi connectivity index (χ4v) is 2.38. The molecule has 0 saturated carbocycles. The molecule has 0 atom stereocenters. The third-order valence-electron chi connectivity index (χ3n) is 3.16. The molecule has 1 aromatic heterocycles. The van der Waals surface area contributed by atoms with Crippen LogP contribution in [0.4, 0.5) is 0 Å². The highest BCUT2D eigenvalue weighted by atomic mass is 79.9. The monoisotopic (exact) mass is 361 g/mol. The van der Waals surface area contributed by atoms with Crippen molar-refractivity contribution in [2.24, 2.45) is 0 Å². The molecule has 0 aliphatic carbocycles. The maximum atomic E-state index is 11.9. The third-order valence-corrected chi connectivity index (χ3v) is 3.69. The molecule has 3 aromatic rings. The van der Waals surface area contributed by atoms with Gasteiger partial charge in [0, 0.05) is 11.0 Å². The molecule has 2 aromatic carbocycles. The molecule has 0 fully saturated rings. The lowest BCUT2D eigenvalue weighted by molar-refractivity contribution is -0.134. The number of nitrogens with zero attached hydrogens (tertiary/aromatic N) is 1. The van der Waals surface area contributed by atoms with Crippen LogP contribution in [0.2, 0.25) is 0 Å². The molecule has 6 heteroatoms. The minimum Gasteiger partial charge on any atom is -0.426 e. The van der Waals surface area contributed by atoms with E-state index in [1.165, 1.54) is 4.57 Å². The topological polar surface area (TPSA) is 61.4 Å². The normalized spacial score (nSPS) is 10.8. The van der Waals surface area contributed by atoms with Crippen molar-refractivity contribution in [1.82, 2.24) is 4.57 Å². The van der Waals surface area contributed by atoms with Gasteiger partial charge in [-0.1, -0.05) is 28.1 Å². The third kappa shape index (κ3) is 3.12. The van der Waals surface area contributed by atoms with Crippen LogP contribution >= 0.6 is 15.9 Å². The average Bonchev–Trinajstić information content (AvgIpc) is 2.83. The summed E-state index contributed by atoms with van der Waals surface area (Å²) in [6.45, 7) is 0.214. The van der Waals surface area contributed by atoms with Gasteiger partial charge in [-0.3, -0.25) is 9.36 Å². The number of hydrogen-bond acceptors (Lipinski definition) is 4. The number of para-hydroxylation sites is 2. The summed E-state index contributed by atoms with van der Waals surface area (Å²) in [4.78, 5) is 23.6. The highest BCUT2D eigenvalue weighted by Gasteiger charge is 2.11. The van der Waals surface area contributed by atoms with Crippen LogP contribution in [0.5, 0.6) is 5.75 Å². The van der Waals surface area contributed by atoms with Gasteiger partial charge in [0.15, 0.2) is 5.58 Å². The molecule has 5 nitrogen and oxygen atoms in total. The number of carbonyl (C=O) groups excluding carboxylic acids is 1. The van der Waals surface area contributed by atoms with Crippen molar-refractivity contribution >= 4 is 33.0 Å². The summed E-state index contributed by atoms with van der Waals surface area (Å²) in [5.41, 5.74) is 1.18. The van der Waals surface area contributed by atoms with E-state index < -0.39 is 11.7 Å². The molecule has 22 heavy (non-hydrogen) atoms. The SMILES string of the molecule is O=C(CCn1c(=O)oc2ccccc21)Oc1ccc(Br)cc1. The van der Waals surface area contributed by atoms with E-state index in [1.807, 2.05) is 6.07 Å². The summed E-state index contributed by atoms with van der Waals surface area (Å²) >= 11 is 3.31. The first-order valence-electron chi connectivity index (χ1n) is 6.68. The quantitative estimate of drug-likeness (QED) is 0.528. The van der Waals surface area contributed by atoms with Crippen molar-refractivity contribution in [2.45, 2.75) is 13.0 Å². The van der Waals surface area contributed by atoms with E-state index in [-0.39, 0.29) is 13.0 Å². The van der Waals surface area contributed by atoms with Crippen molar-refractivity contribution in [3.63, 3.8) is 0 Å². The summed E-state index contributed by atoms with van der Waals surface area (Å²) in [6, 6.07) is 14.1. The van der Waals surface area contributed by atoms with Crippen molar-refractivity contribution in [3.05, 3.63) is 63.6 Å². The van der Waals surface area contributed by atoms with Crippen molar-refractivity contribution in [1.29, 1.82) is 0 Å². The van der Waals surface area contributed by atoms with E-state index in [4.69, 9.17) is 9.15 Å². The van der Waals surface area contributed by atoms with E-state index in [1.54, 1.807) is 42.5 Å². The van der Waals surface area contributed by atoms with Gasteiger partial charge in [0.25, 0.3) is 0 Å². The molecule has 0 saturated heterocycles. The maximum Gasteiger partial charge on any atom is 0.419 e. The van der Waals surface area contributed by atoms with Crippen molar-refractivity contribution in [3.8, 4) is 5.75 Å². The molecular weight excluding hydrogens is 350 g/mol. The van der Waals surface area contributed by atoms with E-state index in [0.717, 1.165) is 4.47 Å². The van der Waals surface area contributed by atoms with Gasteiger partial charge >= 0.3 is 11.7 Å². The Morgan fingerprint density at radius 3 is 2.64 bits per heavy atom. The van der Waals surface area contributed by atoms with Crippen LogP contribution in [0.3, 0.4) is 0 Å². The molecule has 0 amide bonds. The lowest BCUT2D eigenvalue weighted by Gasteiger charge is -2.05. The largest absolute Gasteiger partial charge is 0.426 e. The number of rotatable bonds is 4. The molecule has 0 aliphatic heterocycles. The lowest BCUT2D eigenvalue weighted by Crippen LogP contribution is -2.18. The zero-order valence-corrected chi connectivity index (χ0v) is 13.1. The number of fused-ring (bicyclic) bond motifs is 1. The van der Waals surface area contributed by atoms with Crippen molar-refractivity contribution < 1.29 is 13.9 Å². The number of benzene rings is 2. The Balaban J connectivity index is 1.68. The Morgan fingerprint density at radius 2 is 1.86 bits per heavy atom. The van der Waals surface area contributed by atoms with Gasteiger partial charge in [-0.25, -0.2) is 4.79 Å². The lowest BCUT2D eigenvalue weighted by atomic mass is 10.3. The molecule has 3 rings (SSSR count). The van der Waals surface area contributed by atoms with Gasteiger partial charge in [0.05, 0.1) is 11.9 Å². The standard InChI is InChI=1S/C16H12BrNO4/c17-11-5-7-12(8-6-11)21-15(19)9-10-18-13-3-1-2-4-14(13)22-16(18)20/h1-8H,9-10H2. The number of aryl methyl sites for hydroxylation is 1. The number of oxazole rings is 1. The summed E-state index contributed by atoms with van der Waals surface area (Å²) in [6.07, 6.45) is 0.0828. The van der Waals surface area contributed by atoms with Crippen LogP contribution in [-0.2, 0) is 11.3 Å². The molecule has 0 bridgehead atoms. The molecule has 0 unspecified atom stereocenters. The van der Waals surface area contributed by atoms with Gasteiger partial charge in [0.2, 0.25) is 0 Å². The van der Waals surface area contributed by atoms with Crippen LogP contribution in [0, 0.1) is 0 Å². The van der Waals surface area contributed by atoms with Crippen molar-refractivity contribution in [2.75, 3.05) is 0 Å². The molecular formula is C16H12BrNO4. The Labute approximate surface area is 134 Å². The minimum absolute atomic E-state index is 0.0828. The predicted octanol–water partition coefficient (Wildman–Crippen LogP) is 3.35. The van der Waals surface area contributed by atoms with E-state index in [9.17, 15) is 9.59 Å². The second kappa shape index (κ2) is 6.19. The van der Waals surface area contributed by atoms with E-state index in [0.29, 0.717) is 16.8 Å². The molecule has 0 N–H and O–H groups in total. The zero-order valence-electron chi connectivity index (χ0n) is 11.5. The number of esters is 1. The molecule has 0 aliphatic rings. The summed E-state index contributed by atoms with van der Waals surface area (Å²) < 4.78 is 12.7. The predicted molar refractivity (Wildman–Crippen MR) is 84.9 cm³/mol. The molecule has 0 radical (unpaired) electrons. The summed E-state index contributed by atoms with van der Waals surface area (Å²) in [7, 11) is 0. The summed E-state index contributed by atoms with van der Waals surface area (Å²) in [5.74, 6) is -0.408. The van der Waals surface area contributed by atoms with Gasteiger partial charge in [-0.2, -0.15) is 0 Å². The smallest absolute Gasteiger partial charge is 0.419 e. The molecule has 112 valence electrons. The van der Waals surface area contributed by atoms with Crippen LogP contribution in [0.15, 0.2) is 62.2 Å². The van der Waals surface area contributed by atoms with E-state index >= 15 is 0 Å². The Bertz CT molecular complexity index is 864. The highest BCUT2D eigenvalue weighted by molar-refractivity contribution is 9.10. The fourth-order valence-electron chi connectivity index (χ4n) is 2.11. The maximum absolute atomic E-state index is 11.9. The number of halogens is 1. The first-order valence-corrected chi connectivity index (χ1v) is 7.47. The number of hydrogen-bond donors (Lipinski definition) is 0. The molecule has 1 heterocycles. The number of aromatic nitrogens is 1. The van der Waals surface area contributed by atoms with Gasteiger partial charge in [-0.15, -0.1) is 0 Å². The fraction of sp³-hybridized carbons (Fsp3) is 0.125. The highest BCUT2D eigenvalue weighted by Crippen LogP contribution is 2.17. The first kappa shape index (κ1) is 14.6. The Morgan fingerprint density at radius 1 is 1.14 bits per heavy atom. The number of ether oxygens (including phenoxy) is 1. The molecule has 0 spiro atoms. The Hall–Kier alpha value is -2.34. The number of carbonyl (C=O) groups is 1. The summed E-state index contributed by atoms with van der Waals surface area (Å²) in [5, 5.41) is 0. The zero-order chi connectivity index (χ0) is 15.5.